The van der Waals surface area contributed by atoms with Crippen LogP contribution in [0.25, 0.3) is 0 Å². The Morgan fingerprint density at radius 2 is 1.71 bits per heavy atom. The number of carboxylic acids is 1. The van der Waals surface area contributed by atoms with Gasteiger partial charge in [-0.2, -0.15) is 0 Å². The average Bonchev–Trinajstić information content (AvgIpc) is 2.82. The summed E-state index contributed by atoms with van der Waals surface area (Å²) in [6, 6.07) is 15.2. The minimum absolute atomic E-state index is 0.101. The number of benzene rings is 2. The molecule has 2 N–H and O–H groups in total. The van der Waals surface area contributed by atoms with Crippen molar-refractivity contribution in [1.82, 2.24) is 4.90 Å². The zero-order valence-corrected chi connectivity index (χ0v) is 21.1. The fourth-order valence-corrected chi connectivity index (χ4v) is 3.62. The number of anilines is 1. The average molecular weight is 469 g/mol. The number of hydrogen-bond donors (Lipinski definition) is 2. The minimum Gasteiger partial charge on any atom is -0.478 e. The van der Waals surface area contributed by atoms with Crippen LogP contribution in [-0.2, 0) is 11.2 Å². The number of aliphatic carboxylic acids is 1. The van der Waals surface area contributed by atoms with E-state index in [-0.39, 0.29) is 6.03 Å². The third kappa shape index (κ3) is 8.73. The summed E-state index contributed by atoms with van der Waals surface area (Å²) in [4.78, 5) is 26.5. The van der Waals surface area contributed by atoms with Crippen molar-refractivity contribution in [2.75, 3.05) is 18.4 Å². The first-order valence-electron chi connectivity index (χ1n) is 12.4. The number of nitrogens with zero attached hydrogens (tertiary/aromatic N) is 1. The lowest BCUT2D eigenvalue weighted by Gasteiger charge is -2.25. The number of nitrogens with one attached hydrogen (secondary N) is 1. The van der Waals surface area contributed by atoms with Crippen molar-refractivity contribution in [2.45, 2.75) is 78.2 Å². The van der Waals surface area contributed by atoms with Crippen molar-refractivity contribution in [3.8, 4) is 5.75 Å². The Hall–Kier alpha value is -3.02. The predicted octanol–water partition coefficient (Wildman–Crippen LogP) is 6.67. The Morgan fingerprint density at radius 3 is 2.35 bits per heavy atom. The largest absolute Gasteiger partial charge is 0.478 e. The molecule has 2 amide bonds. The molecule has 1 unspecified atom stereocenters. The molecule has 34 heavy (non-hydrogen) atoms. The molecule has 2 aromatic rings. The van der Waals surface area contributed by atoms with E-state index in [0.29, 0.717) is 31.7 Å². The maximum absolute atomic E-state index is 13.0. The van der Waals surface area contributed by atoms with E-state index >= 15 is 0 Å². The number of aryl methyl sites for hydroxylation is 1. The molecule has 0 heterocycles. The van der Waals surface area contributed by atoms with E-state index in [1.807, 2.05) is 54.3 Å². The molecule has 0 aliphatic rings. The summed E-state index contributed by atoms with van der Waals surface area (Å²) in [5.41, 5.74) is 1.67. The molecule has 0 fully saturated rings. The summed E-state index contributed by atoms with van der Waals surface area (Å²) in [6.07, 6.45) is 6.68. The molecule has 1 atom stereocenters. The highest BCUT2D eigenvalue weighted by atomic mass is 16.5. The van der Waals surface area contributed by atoms with Crippen LogP contribution in [-0.4, -0.2) is 40.7 Å². The number of unbranched alkanes of at least 4 members (excludes halogenated alkanes) is 4. The smallest absolute Gasteiger partial charge is 0.347 e. The summed E-state index contributed by atoms with van der Waals surface area (Å²) in [7, 11) is 0. The van der Waals surface area contributed by atoms with E-state index < -0.39 is 11.6 Å². The molecule has 2 aromatic carbocycles. The Morgan fingerprint density at radius 1 is 1.00 bits per heavy atom. The molecule has 0 aliphatic heterocycles. The molecule has 0 saturated heterocycles. The van der Waals surface area contributed by atoms with E-state index in [9.17, 15) is 14.7 Å². The Kier molecular flexibility index (Phi) is 10.9. The highest BCUT2D eigenvalue weighted by Gasteiger charge is 2.33. The molecule has 0 bridgehead atoms. The van der Waals surface area contributed by atoms with Gasteiger partial charge in [0.2, 0.25) is 5.60 Å². The number of carboxylic acid groups (broad SMARTS) is 1. The first-order chi connectivity index (χ1) is 16.3. The van der Waals surface area contributed by atoms with Crippen molar-refractivity contribution in [1.29, 1.82) is 0 Å². The highest BCUT2D eigenvalue weighted by Crippen LogP contribution is 2.23. The zero-order chi connectivity index (χ0) is 25.0. The zero-order valence-electron chi connectivity index (χ0n) is 21.1. The van der Waals surface area contributed by atoms with E-state index in [1.165, 1.54) is 19.3 Å². The van der Waals surface area contributed by atoms with Crippen LogP contribution in [0.15, 0.2) is 48.5 Å². The van der Waals surface area contributed by atoms with Crippen LogP contribution in [0.1, 0.15) is 70.4 Å². The molecule has 186 valence electrons. The molecule has 6 heteroatoms. The number of rotatable bonds is 14. The summed E-state index contributed by atoms with van der Waals surface area (Å²) >= 11 is 0. The van der Waals surface area contributed by atoms with Crippen molar-refractivity contribution >= 4 is 17.7 Å². The predicted molar refractivity (Wildman–Crippen MR) is 138 cm³/mol. The highest BCUT2D eigenvalue weighted by molar-refractivity contribution is 5.89. The van der Waals surface area contributed by atoms with Gasteiger partial charge in [-0.3, -0.25) is 0 Å². The Labute approximate surface area is 204 Å². The summed E-state index contributed by atoms with van der Waals surface area (Å²) < 4.78 is 5.81. The van der Waals surface area contributed by atoms with Crippen LogP contribution >= 0.6 is 0 Å². The van der Waals surface area contributed by atoms with Crippen molar-refractivity contribution in [3.05, 3.63) is 59.7 Å². The van der Waals surface area contributed by atoms with Crippen LogP contribution in [0.3, 0.4) is 0 Å². The monoisotopic (exact) mass is 468 g/mol. The topological polar surface area (TPSA) is 78.9 Å². The maximum Gasteiger partial charge on any atom is 0.347 e. The molecular formula is C28H40N2O4. The molecule has 0 aromatic heterocycles. The van der Waals surface area contributed by atoms with Gasteiger partial charge in [-0.05, 0) is 62.9 Å². The number of amides is 2. The molecule has 0 saturated carbocycles. The summed E-state index contributed by atoms with van der Waals surface area (Å²) in [5, 5.41) is 12.5. The van der Waals surface area contributed by atoms with Crippen LogP contribution in [0, 0.1) is 6.92 Å². The third-order valence-electron chi connectivity index (χ3n) is 6.16. The van der Waals surface area contributed by atoms with Gasteiger partial charge in [0.1, 0.15) is 5.75 Å². The van der Waals surface area contributed by atoms with Gasteiger partial charge in [0, 0.05) is 18.8 Å². The Bertz CT molecular complexity index is 913. The van der Waals surface area contributed by atoms with Gasteiger partial charge in [0.05, 0.1) is 0 Å². The van der Waals surface area contributed by atoms with Crippen molar-refractivity contribution < 1.29 is 19.4 Å². The van der Waals surface area contributed by atoms with Crippen molar-refractivity contribution in [2.24, 2.45) is 0 Å². The molecule has 0 radical (unpaired) electrons. The molecular weight excluding hydrogens is 428 g/mol. The lowest BCUT2D eigenvalue weighted by molar-refractivity contribution is -0.154. The van der Waals surface area contributed by atoms with Gasteiger partial charge in [-0.15, -0.1) is 0 Å². The first-order valence-corrected chi connectivity index (χ1v) is 12.4. The standard InChI is InChI=1S/C28H40N2O4/c1-5-7-8-9-10-19-30(27(33)29-24-16-14-22(3)15-17-24)20-18-23-12-11-13-25(21-23)34-28(4,6-2)26(31)32/h11-17,21H,5-10,18-20H2,1-4H3,(H,29,33)(H,31,32). The van der Waals surface area contributed by atoms with Crippen LogP contribution in [0.5, 0.6) is 5.75 Å². The molecule has 6 nitrogen and oxygen atoms in total. The number of carbonyl (C=O) groups is 2. The van der Waals surface area contributed by atoms with Gasteiger partial charge < -0.3 is 20.1 Å². The van der Waals surface area contributed by atoms with Crippen LogP contribution in [0.4, 0.5) is 10.5 Å². The van der Waals surface area contributed by atoms with Crippen molar-refractivity contribution in [3.63, 3.8) is 0 Å². The van der Waals surface area contributed by atoms with E-state index in [4.69, 9.17) is 4.74 Å². The van der Waals surface area contributed by atoms with E-state index in [1.54, 1.807) is 19.9 Å². The second kappa shape index (κ2) is 13.6. The number of urea groups is 1. The normalized spacial score (nSPS) is 12.6. The van der Waals surface area contributed by atoms with Gasteiger partial charge in [0.15, 0.2) is 0 Å². The number of carbonyl (C=O) groups excluding carboxylic acids is 1. The number of hydrogen-bond acceptors (Lipinski definition) is 3. The summed E-state index contributed by atoms with van der Waals surface area (Å²) in [5.74, 6) is -0.457. The Balaban J connectivity index is 2.04. The fourth-order valence-electron chi connectivity index (χ4n) is 3.62. The maximum atomic E-state index is 13.0. The molecule has 0 spiro atoms. The lowest BCUT2D eigenvalue weighted by atomic mass is 10.0. The quantitative estimate of drug-likeness (QED) is 0.303. The second-order valence-electron chi connectivity index (χ2n) is 9.09. The van der Waals surface area contributed by atoms with Gasteiger partial charge in [0.25, 0.3) is 0 Å². The van der Waals surface area contributed by atoms with E-state index in [0.717, 1.165) is 29.7 Å². The van der Waals surface area contributed by atoms with Gasteiger partial charge in [-0.1, -0.05) is 69.4 Å². The third-order valence-corrected chi connectivity index (χ3v) is 6.16. The van der Waals surface area contributed by atoms with Crippen LogP contribution in [0.2, 0.25) is 0 Å². The fraction of sp³-hybridized carbons (Fsp3) is 0.500. The van der Waals surface area contributed by atoms with Crippen LogP contribution < -0.4 is 10.1 Å². The summed E-state index contributed by atoms with van der Waals surface area (Å²) in [6.45, 7) is 8.86. The lowest BCUT2D eigenvalue weighted by Crippen LogP contribution is -2.40. The SMILES string of the molecule is CCCCCCCN(CCc1cccc(OC(C)(CC)C(=O)O)c1)C(=O)Nc1ccc(C)cc1. The second-order valence-corrected chi connectivity index (χ2v) is 9.09. The van der Waals surface area contributed by atoms with Gasteiger partial charge in [-0.25, -0.2) is 9.59 Å². The van der Waals surface area contributed by atoms with E-state index in [2.05, 4.69) is 12.2 Å². The van der Waals surface area contributed by atoms with Gasteiger partial charge >= 0.3 is 12.0 Å². The minimum atomic E-state index is -1.27. The molecule has 2 rings (SSSR count). The first kappa shape index (κ1) is 27.2. The number of ether oxygens (including phenoxy) is 1. The molecule has 0 aliphatic carbocycles.